The minimum atomic E-state index is -0.323. The van der Waals surface area contributed by atoms with Crippen molar-refractivity contribution in [3.05, 3.63) is 29.3 Å². The molecule has 6 nitrogen and oxygen atoms in total. The number of hydrogen-bond acceptors (Lipinski definition) is 6. The van der Waals surface area contributed by atoms with E-state index in [9.17, 15) is 14.4 Å². The second-order valence-corrected chi connectivity index (χ2v) is 7.81. The maximum absolute atomic E-state index is 12.3. The Hall–Kier alpha value is -1.86. The van der Waals surface area contributed by atoms with Crippen LogP contribution in [0.2, 0.25) is 0 Å². The molecule has 7 heteroatoms. The zero-order chi connectivity index (χ0) is 18.3. The van der Waals surface area contributed by atoms with E-state index in [0.717, 1.165) is 37.8 Å². The van der Waals surface area contributed by atoms with Crippen molar-refractivity contribution < 1.29 is 14.4 Å². The second-order valence-electron chi connectivity index (χ2n) is 7.32. The van der Waals surface area contributed by atoms with E-state index in [1.165, 1.54) is 11.3 Å². The molecule has 2 saturated heterocycles. The van der Waals surface area contributed by atoms with Gasteiger partial charge in [0.15, 0.2) is 0 Å². The van der Waals surface area contributed by atoms with E-state index in [-0.39, 0.29) is 29.1 Å². The van der Waals surface area contributed by atoms with Crippen LogP contribution in [0, 0.1) is 5.92 Å². The monoisotopic (exact) mass is 373 g/mol. The lowest BCUT2D eigenvalue weighted by Crippen LogP contribution is -2.51. The molecule has 0 saturated carbocycles. The number of thiol groups is 1. The summed E-state index contributed by atoms with van der Waals surface area (Å²) < 4.78 is 0. The summed E-state index contributed by atoms with van der Waals surface area (Å²) >= 11 is 4.78. The van der Waals surface area contributed by atoms with Gasteiger partial charge >= 0.3 is 0 Å². The van der Waals surface area contributed by atoms with E-state index < -0.39 is 0 Å². The van der Waals surface area contributed by atoms with E-state index in [2.05, 4.69) is 27.2 Å². The van der Waals surface area contributed by atoms with Gasteiger partial charge in [0.2, 0.25) is 11.8 Å². The average molecular weight is 373 g/mol. The van der Waals surface area contributed by atoms with Gasteiger partial charge in [-0.3, -0.25) is 19.8 Å². The summed E-state index contributed by atoms with van der Waals surface area (Å²) in [5.41, 5.74) is 3.52. The molecule has 1 aromatic rings. The summed E-state index contributed by atoms with van der Waals surface area (Å²) in [4.78, 5) is 39.2. The molecule has 0 aromatic heterocycles. The lowest BCUT2D eigenvalue weighted by atomic mass is 9.97. The van der Waals surface area contributed by atoms with Crippen LogP contribution in [0.25, 0.3) is 0 Å². The molecule has 0 radical (unpaired) electrons. The van der Waals surface area contributed by atoms with Gasteiger partial charge in [0.1, 0.15) is 6.29 Å². The zero-order valence-electron chi connectivity index (χ0n) is 14.6. The van der Waals surface area contributed by atoms with Crippen LogP contribution in [0.4, 0.5) is 5.69 Å². The molecular weight excluding hydrogens is 350 g/mol. The summed E-state index contributed by atoms with van der Waals surface area (Å²) in [6.07, 6.45) is 3.75. The van der Waals surface area contributed by atoms with Gasteiger partial charge in [0, 0.05) is 37.7 Å². The van der Waals surface area contributed by atoms with Crippen LogP contribution in [-0.4, -0.2) is 42.1 Å². The summed E-state index contributed by atoms with van der Waals surface area (Å²) in [7, 11) is 0. The molecule has 3 aliphatic heterocycles. The van der Waals surface area contributed by atoms with Crippen molar-refractivity contribution >= 4 is 36.4 Å². The van der Waals surface area contributed by atoms with Gasteiger partial charge in [0.05, 0.1) is 11.4 Å². The molecule has 0 aliphatic carbocycles. The quantitative estimate of drug-likeness (QED) is 0.479. The lowest BCUT2D eigenvalue weighted by Gasteiger charge is -2.33. The number of imide groups is 1. The third kappa shape index (κ3) is 3.03. The summed E-state index contributed by atoms with van der Waals surface area (Å²) in [5, 5.41) is 2.29. The Morgan fingerprint density at radius 2 is 1.92 bits per heavy atom. The van der Waals surface area contributed by atoms with Crippen molar-refractivity contribution in [2.45, 2.75) is 43.6 Å². The fraction of sp³-hybridized carbons (Fsp3) is 0.526. The number of anilines is 1. The highest BCUT2D eigenvalue weighted by atomic mass is 32.1. The van der Waals surface area contributed by atoms with Crippen LogP contribution >= 0.6 is 12.6 Å². The zero-order valence-corrected chi connectivity index (χ0v) is 15.5. The maximum Gasteiger partial charge on any atom is 0.243 e. The number of piperidine rings is 2. The van der Waals surface area contributed by atoms with Crippen molar-refractivity contribution in [1.29, 1.82) is 0 Å². The van der Waals surface area contributed by atoms with Gasteiger partial charge in [0.25, 0.3) is 0 Å². The van der Waals surface area contributed by atoms with E-state index in [1.54, 1.807) is 0 Å². The standard InChI is InChI=1S/C19H23N3O3S/c23-11-12-6-8-21(9-7-12)15-3-1-2-13-14(15)10-22(19(13)26)16-4-5-17(24)20-18(16)25/h1-3,11-12,16,19,26H,4-10H2,(H,20,24,25). The molecule has 1 N–H and O–H groups in total. The SMILES string of the molecule is O=CC1CCN(c2cccc3c2CN(C2CCC(=O)NC2=O)C3S)CC1. The number of amides is 2. The van der Waals surface area contributed by atoms with Crippen LogP contribution in [-0.2, 0) is 20.9 Å². The number of carbonyl (C=O) groups excluding carboxylic acids is 3. The Morgan fingerprint density at radius 1 is 1.15 bits per heavy atom. The van der Waals surface area contributed by atoms with Crippen LogP contribution in [0.1, 0.15) is 42.2 Å². The Morgan fingerprint density at radius 3 is 2.62 bits per heavy atom. The number of carbonyl (C=O) groups is 3. The number of nitrogens with zero attached hydrogens (tertiary/aromatic N) is 2. The Balaban J connectivity index is 1.56. The predicted octanol–water partition coefficient (Wildman–Crippen LogP) is 1.65. The Labute approximate surface area is 158 Å². The number of rotatable bonds is 3. The highest BCUT2D eigenvalue weighted by molar-refractivity contribution is 7.80. The van der Waals surface area contributed by atoms with Crippen LogP contribution in [0.5, 0.6) is 0 Å². The van der Waals surface area contributed by atoms with E-state index in [0.29, 0.717) is 19.4 Å². The number of hydrogen-bond donors (Lipinski definition) is 2. The summed E-state index contributed by atoms with van der Waals surface area (Å²) in [6, 6.07) is 5.91. The molecule has 2 unspecified atom stereocenters. The topological polar surface area (TPSA) is 69.7 Å². The predicted molar refractivity (Wildman–Crippen MR) is 101 cm³/mol. The first-order valence-electron chi connectivity index (χ1n) is 9.18. The van der Waals surface area contributed by atoms with Gasteiger partial charge in [-0.15, -0.1) is 0 Å². The van der Waals surface area contributed by atoms with Crippen LogP contribution in [0.15, 0.2) is 18.2 Å². The van der Waals surface area contributed by atoms with Crippen molar-refractivity contribution in [3.63, 3.8) is 0 Å². The molecule has 0 bridgehead atoms. The summed E-state index contributed by atoms with van der Waals surface area (Å²) in [6.45, 7) is 2.39. The minimum Gasteiger partial charge on any atom is -0.371 e. The summed E-state index contributed by atoms with van der Waals surface area (Å²) in [5.74, 6) is -0.250. The van der Waals surface area contributed by atoms with Crippen molar-refractivity contribution in [3.8, 4) is 0 Å². The van der Waals surface area contributed by atoms with E-state index in [1.807, 2.05) is 6.07 Å². The van der Waals surface area contributed by atoms with Gasteiger partial charge in [-0.25, -0.2) is 0 Å². The fourth-order valence-corrected chi connectivity index (χ4v) is 4.79. The second kappa shape index (κ2) is 7.04. The van der Waals surface area contributed by atoms with E-state index in [4.69, 9.17) is 12.6 Å². The van der Waals surface area contributed by atoms with Crippen molar-refractivity contribution in [2.75, 3.05) is 18.0 Å². The highest BCUT2D eigenvalue weighted by Crippen LogP contribution is 2.43. The average Bonchev–Trinajstić information content (AvgIpc) is 2.99. The minimum absolute atomic E-state index is 0.151. The smallest absolute Gasteiger partial charge is 0.243 e. The molecule has 26 heavy (non-hydrogen) atoms. The largest absolute Gasteiger partial charge is 0.371 e. The molecule has 1 aromatic carbocycles. The first kappa shape index (κ1) is 17.5. The van der Waals surface area contributed by atoms with Crippen LogP contribution < -0.4 is 10.2 Å². The molecule has 3 heterocycles. The van der Waals surface area contributed by atoms with Gasteiger partial charge in [-0.05, 0) is 36.5 Å². The van der Waals surface area contributed by atoms with Crippen molar-refractivity contribution in [2.24, 2.45) is 5.92 Å². The lowest BCUT2D eigenvalue weighted by molar-refractivity contribution is -0.137. The number of aldehydes is 1. The third-order valence-corrected chi connectivity index (χ3v) is 6.38. The normalized spacial score (nSPS) is 27.3. The fourth-order valence-electron chi connectivity index (χ4n) is 4.31. The van der Waals surface area contributed by atoms with Crippen molar-refractivity contribution in [1.82, 2.24) is 10.2 Å². The third-order valence-electron chi connectivity index (χ3n) is 5.80. The number of nitrogens with one attached hydrogen (secondary N) is 1. The molecule has 4 rings (SSSR count). The molecule has 138 valence electrons. The number of benzene rings is 1. The molecule has 0 spiro atoms. The molecule has 2 fully saturated rings. The van der Waals surface area contributed by atoms with Gasteiger partial charge in [-0.2, -0.15) is 12.6 Å². The number of fused-ring (bicyclic) bond motifs is 1. The molecule has 3 aliphatic rings. The first-order valence-corrected chi connectivity index (χ1v) is 9.69. The van der Waals surface area contributed by atoms with Gasteiger partial charge < -0.3 is 9.69 Å². The first-order chi connectivity index (χ1) is 12.6. The molecule has 2 amide bonds. The van der Waals surface area contributed by atoms with E-state index >= 15 is 0 Å². The Kier molecular flexibility index (Phi) is 4.75. The molecule has 2 atom stereocenters. The molecular formula is C19H23N3O3S. The highest BCUT2D eigenvalue weighted by Gasteiger charge is 2.40. The van der Waals surface area contributed by atoms with Gasteiger partial charge in [-0.1, -0.05) is 12.1 Å². The van der Waals surface area contributed by atoms with Crippen LogP contribution in [0.3, 0.4) is 0 Å². The Bertz CT molecular complexity index is 746. The maximum atomic E-state index is 12.3.